The van der Waals surface area contributed by atoms with E-state index in [1.165, 1.54) is 10.9 Å². The normalized spacial score (nSPS) is 12.7. The number of hydrogen-bond donors (Lipinski definition) is 1. The summed E-state index contributed by atoms with van der Waals surface area (Å²) < 4.78 is 25.6. The van der Waals surface area contributed by atoms with Crippen LogP contribution in [0.2, 0.25) is 0 Å². The third kappa shape index (κ3) is 2.62. The van der Waals surface area contributed by atoms with E-state index in [4.69, 9.17) is 0 Å². The molecule has 0 aliphatic rings. The molecule has 1 unspecified atom stereocenters. The Morgan fingerprint density at radius 1 is 1.35 bits per heavy atom. The van der Waals surface area contributed by atoms with Gasteiger partial charge in [0, 0.05) is 6.42 Å². The van der Waals surface area contributed by atoms with Crippen molar-refractivity contribution in [3.63, 3.8) is 0 Å². The zero-order chi connectivity index (χ0) is 12.4. The van der Waals surface area contributed by atoms with Crippen molar-refractivity contribution in [2.45, 2.75) is 12.5 Å². The van der Waals surface area contributed by atoms with E-state index in [1.54, 1.807) is 7.05 Å². The van der Waals surface area contributed by atoms with E-state index in [-0.39, 0.29) is 12.0 Å². The molecule has 2 rings (SSSR count). The lowest BCUT2D eigenvalue weighted by molar-refractivity contribution is 0.175. The van der Waals surface area contributed by atoms with Crippen LogP contribution in [0, 0.1) is 11.6 Å². The third-order valence-electron chi connectivity index (χ3n) is 2.25. The average Bonchev–Trinajstić information content (AvgIpc) is 2.68. The van der Waals surface area contributed by atoms with Crippen LogP contribution >= 0.6 is 0 Å². The molecule has 5 nitrogen and oxygen atoms in total. The van der Waals surface area contributed by atoms with Gasteiger partial charge in [-0.3, -0.25) is 0 Å². The molecule has 1 atom stereocenters. The first-order valence-corrected chi connectivity index (χ1v) is 4.92. The van der Waals surface area contributed by atoms with Crippen LogP contribution < -0.4 is 0 Å². The Morgan fingerprint density at radius 2 is 2.12 bits per heavy atom. The third-order valence-corrected chi connectivity index (χ3v) is 2.25. The Labute approximate surface area is 95.7 Å². The Kier molecular flexibility index (Phi) is 3.10. The summed E-state index contributed by atoms with van der Waals surface area (Å²) in [6, 6.07) is 3.24. The van der Waals surface area contributed by atoms with Gasteiger partial charge in [0.15, 0.2) is 17.5 Å². The molecule has 0 spiro atoms. The molecule has 0 saturated carbocycles. The maximum Gasteiger partial charge on any atom is 0.177 e. The second-order valence-corrected chi connectivity index (χ2v) is 3.59. The first kappa shape index (κ1) is 11.6. The van der Waals surface area contributed by atoms with E-state index in [0.717, 1.165) is 12.1 Å². The molecule has 0 aliphatic heterocycles. The zero-order valence-corrected chi connectivity index (χ0v) is 9.01. The summed E-state index contributed by atoms with van der Waals surface area (Å²) in [4.78, 5) is 1.26. The number of halogens is 2. The predicted molar refractivity (Wildman–Crippen MR) is 53.8 cm³/mol. The fraction of sp³-hybridized carbons (Fsp3) is 0.300. The summed E-state index contributed by atoms with van der Waals surface area (Å²) >= 11 is 0. The molecule has 0 aliphatic carbocycles. The number of tetrazole rings is 1. The first-order valence-electron chi connectivity index (χ1n) is 4.92. The highest BCUT2D eigenvalue weighted by Gasteiger charge is 2.14. The van der Waals surface area contributed by atoms with Crippen molar-refractivity contribution in [1.29, 1.82) is 0 Å². The molecular formula is C10H10F2N4O. The largest absolute Gasteiger partial charge is 0.388 e. The molecule has 0 amide bonds. The van der Waals surface area contributed by atoms with Crippen molar-refractivity contribution < 1.29 is 13.9 Å². The highest BCUT2D eigenvalue weighted by molar-refractivity contribution is 5.20. The number of rotatable bonds is 3. The summed E-state index contributed by atoms with van der Waals surface area (Å²) in [6.45, 7) is 0. The molecule has 90 valence electrons. The molecular weight excluding hydrogens is 230 g/mol. The van der Waals surface area contributed by atoms with Crippen LogP contribution in [0.4, 0.5) is 8.78 Å². The molecule has 0 bridgehead atoms. The van der Waals surface area contributed by atoms with Gasteiger partial charge >= 0.3 is 0 Å². The maximum absolute atomic E-state index is 12.9. The minimum atomic E-state index is -0.992. The molecule has 0 fully saturated rings. The summed E-state index contributed by atoms with van der Waals surface area (Å²) in [6.07, 6.45) is -0.895. The molecule has 7 heteroatoms. The predicted octanol–water partition coefficient (Wildman–Crippen LogP) is 0.764. The highest BCUT2D eigenvalue weighted by atomic mass is 19.2. The van der Waals surface area contributed by atoms with Crippen molar-refractivity contribution in [3.05, 3.63) is 41.2 Å². The van der Waals surface area contributed by atoms with Crippen molar-refractivity contribution in [1.82, 2.24) is 20.2 Å². The number of benzene rings is 1. The number of aromatic nitrogens is 4. The van der Waals surface area contributed by atoms with Gasteiger partial charge < -0.3 is 5.11 Å². The Morgan fingerprint density at radius 3 is 2.71 bits per heavy atom. The number of aliphatic hydroxyl groups is 1. The minimum Gasteiger partial charge on any atom is -0.388 e. The van der Waals surface area contributed by atoms with Gasteiger partial charge in [-0.2, -0.15) is 4.80 Å². The Hall–Kier alpha value is -1.89. The van der Waals surface area contributed by atoms with E-state index >= 15 is 0 Å². The standard InChI is InChI=1S/C10H10F2N4O/c1-16-14-10(13-15-16)5-9(17)6-2-3-7(11)8(12)4-6/h2-4,9,17H,5H2,1H3. The molecule has 2 aromatic rings. The van der Waals surface area contributed by atoms with Crippen LogP contribution in [0.5, 0.6) is 0 Å². The summed E-state index contributed by atoms with van der Waals surface area (Å²) in [5.41, 5.74) is 0.274. The van der Waals surface area contributed by atoms with Crippen LogP contribution in [-0.2, 0) is 13.5 Å². The van der Waals surface area contributed by atoms with Crippen molar-refractivity contribution in [3.8, 4) is 0 Å². The van der Waals surface area contributed by atoms with E-state index in [2.05, 4.69) is 15.4 Å². The van der Waals surface area contributed by atoms with Crippen LogP contribution in [-0.4, -0.2) is 25.3 Å². The highest BCUT2D eigenvalue weighted by Crippen LogP contribution is 2.18. The van der Waals surface area contributed by atoms with Gasteiger partial charge in [-0.1, -0.05) is 6.07 Å². The van der Waals surface area contributed by atoms with Crippen LogP contribution in [0.15, 0.2) is 18.2 Å². The van der Waals surface area contributed by atoms with Gasteiger partial charge in [0.05, 0.1) is 13.2 Å². The van der Waals surface area contributed by atoms with Gasteiger partial charge in [-0.15, -0.1) is 10.2 Å². The van der Waals surface area contributed by atoms with Crippen LogP contribution in [0.1, 0.15) is 17.5 Å². The first-order chi connectivity index (χ1) is 8.06. The van der Waals surface area contributed by atoms with Gasteiger partial charge in [0.1, 0.15) is 0 Å². The molecule has 0 radical (unpaired) electrons. The van der Waals surface area contributed by atoms with E-state index < -0.39 is 17.7 Å². The summed E-state index contributed by atoms with van der Waals surface area (Å²) in [7, 11) is 1.60. The van der Waals surface area contributed by atoms with Crippen molar-refractivity contribution in [2.75, 3.05) is 0 Å². The number of aryl methyl sites for hydroxylation is 1. The minimum absolute atomic E-state index is 0.0961. The van der Waals surface area contributed by atoms with Gasteiger partial charge in [-0.05, 0) is 22.9 Å². The number of hydrogen-bond acceptors (Lipinski definition) is 4. The second kappa shape index (κ2) is 4.54. The summed E-state index contributed by atoms with van der Waals surface area (Å²) in [5, 5.41) is 21.0. The quantitative estimate of drug-likeness (QED) is 0.860. The van der Waals surface area contributed by atoms with Gasteiger partial charge in [0.2, 0.25) is 0 Å². The van der Waals surface area contributed by atoms with Gasteiger partial charge in [0.25, 0.3) is 0 Å². The SMILES string of the molecule is Cn1nnc(CC(O)c2ccc(F)c(F)c2)n1. The molecule has 0 saturated heterocycles. The Bertz CT molecular complexity index is 529. The smallest absolute Gasteiger partial charge is 0.177 e. The number of aliphatic hydroxyl groups excluding tert-OH is 1. The maximum atomic E-state index is 12.9. The molecule has 1 N–H and O–H groups in total. The van der Waals surface area contributed by atoms with Crippen LogP contribution in [0.25, 0.3) is 0 Å². The lowest BCUT2D eigenvalue weighted by Crippen LogP contribution is -2.05. The van der Waals surface area contributed by atoms with E-state index in [0.29, 0.717) is 5.82 Å². The molecule has 1 heterocycles. The van der Waals surface area contributed by atoms with Crippen LogP contribution in [0.3, 0.4) is 0 Å². The number of nitrogens with zero attached hydrogens (tertiary/aromatic N) is 4. The summed E-state index contributed by atoms with van der Waals surface area (Å²) in [5.74, 6) is -1.60. The zero-order valence-electron chi connectivity index (χ0n) is 9.01. The van der Waals surface area contributed by atoms with E-state index in [9.17, 15) is 13.9 Å². The van der Waals surface area contributed by atoms with Crippen molar-refractivity contribution in [2.24, 2.45) is 7.05 Å². The fourth-order valence-electron chi connectivity index (χ4n) is 1.42. The topological polar surface area (TPSA) is 63.8 Å². The van der Waals surface area contributed by atoms with Crippen molar-refractivity contribution >= 4 is 0 Å². The van der Waals surface area contributed by atoms with Gasteiger partial charge in [-0.25, -0.2) is 8.78 Å². The molecule has 17 heavy (non-hydrogen) atoms. The fourth-order valence-corrected chi connectivity index (χ4v) is 1.42. The lowest BCUT2D eigenvalue weighted by atomic mass is 10.1. The Balaban J connectivity index is 2.14. The average molecular weight is 240 g/mol. The second-order valence-electron chi connectivity index (χ2n) is 3.59. The molecule has 1 aromatic heterocycles. The van der Waals surface area contributed by atoms with E-state index in [1.807, 2.05) is 0 Å². The lowest BCUT2D eigenvalue weighted by Gasteiger charge is -2.08. The molecule has 1 aromatic carbocycles. The monoisotopic (exact) mass is 240 g/mol.